The van der Waals surface area contributed by atoms with Crippen LogP contribution in [0.25, 0.3) is 0 Å². The van der Waals surface area contributed by atoms with Crippen LogP contribution in [0.3, 0.4) is 0 Å². The molecule has 1 heterocycles. The Hall–Kier alpha value is -1.06. The first-order chi connectivity index (χ1) is 10.1. The van der Waals surface area contributed by atoms with E-state index in [0.29, 0.717) is 24.5 Å². The zero-order valence-electron chi connectivity index (χ0n) is 13.9. The summed E-state index contributed by atoms with van der Waals surface area (Å²) in [4.78, 5) is 0. The molecule has 1 aliphatic heterocycles. The standard InChI is InChI=1S/C18H29NO2/c1-6-19-18(17-12(3)13(4)21-14(17)5)15-10-8-9-11-16(15)20-7-2/h8-14,17-19H,6-7H2,1-5H3. The highest BCUT2D eigenvalue weighted by atomic mass is 16.5. The van der Waals surface area contributed by atoms with E-state index in [1.165, 1.54) is 5.56 Å². The van der Waals surface area contributed by atoms with Crippen molar-refractivity contribution in [3.8, 4) is 5.75 Å². The first kappa shape index (κ1) is 16.3. The van der Waals surface area contributed by atoms with E-state index in [1.54, 1.807) is 0 Å². The quantitative estimate of drug-likeness (QED) is 0.865. The number of hydrogen-bond donors (Lipinski definition) is 1. The van der Waals surface area contributed by atoms with Crippen molar-refractivity contribution >= 4 is 0 Å². The Kier molecular flexibility index (Phi) is 5.65. The van der Waals surface area contributed by atoms with E-state index in [0.717, 1.165) is 12.3 Å². The van der Waals surface area contributed by atoms with Gasteiger partial charge >= 0.3 is 0 Å². The molecule has 1 saturated heterocycles. The number of ether oxygens (including phenoxy) is 2. The van der Waals surface area contributed by atoms with Gasteiger partial charge in [-0.2, -0.15) is 0 Å². The predicted molar refractivity (Wildman–Crippen MR) is 86.7 cm³/mol. The van der Waals surface area contributed by atoms with Crippen LogP contribution in [0.1, 0.15) is 46.2 Å². The number of hydrogen-bond acceptors (Lipinski definition) is 3. The van der Waals surface area contributed by atoms with Gasteiger partial charge in [0.25, 0.3) is 0 Å². The summed E-state index contributed by atoms with van der Waals surface area (Å²) in [6.07, 6.45) is 0.569. The molecule has 0 bridgehead atoms. The van der Waals surface area contributed by atoms with Gasteiger partial charge in [0.1, 0.15) is 5.75 Å². The van der Waals surface area contributed by atoms with E-state index in [1.807, 2.05) is 13.0 Å². The molecule has 0 aromatic heterocycles. The van der Waals surface area contributed by atoms with Crippen molar-refractivity contribution in [2.24, 2.45) is 11.8 Å². The maximum atomic E-state index is 6.05. The lowest BCUT2D eigenvalue weighted by Gasteiger charge is -2.31. The zero-order valence-corrected chi connectivity index (χ0v) is 13.9. The highest BCUT2D eigenvalue weighted by molar-refractivity contribution is 5.37. The first-order valence-corrected chi connectivity index (χ1v) is 8.20. The van der Waals surface area contributed by atoms with Crippen LogP contribution in [0.4, 0.5) is 0 Å². The molecule has 1 aliphatic rings. The minimum Gasteiger partial charge on any atom is -0.494 e. The van der Waals surface area contributed by atoms with Gasteiger partial charge in [-0.15, -0.1) is 0 Å². The molecule has 118 valence electrons. The van der Waals surface area contributed by atoms with E-state index in [9.17, 15) is 0 Å². The maximum absolute atomic E-state index is 6.05. The highest BCUT2D eigenvalue weighted by Gasteiger charge is 2.42. The topological polar surface area (TPSA) is 30.5 Å². The Balaban J connectivity index is 2.35. The Morgan fingerprint density at radius 1 is 1.14 bits per heavy atom. The summed E-state index contributed by atoms with van der Waals surface area (Å²) in [6.45, 7) is 12.5. The van der Waals surface area contributed by atoms with Crippen LogP contribution in [-0.4, -0.2) is 25.4 Å². The van der Waals surface area contributed by atoms with Gasteiger partial charge in [0.15, 0.2) is 0 Å². The molecule has 0 saturated carbocycles. The van der Waals surface area contributed by atoms with Crippen LogP contribution >= 0.6 is 0 Å². The second-order valence-electron chi connectivity index (χ2n) is 5.99. The average Bonchev–Trinajstić information content (AvgIpc) is 2.71. The molecule has 1 N–H and O–H groups in total. The van der Waals surface area contributed by atoms with E-state index in [-0.39, 0.29) is 12.1 Å². The molecule has 0 spiro atoms. The van der Waals surface area contributed by atoms with E-state index in [2.05, 4.69) is 51.2 Å². The van der Waals surface area contributed by atoms with E-state index >= 15 is 0 Å². The molecule has 5 unspecified atom stereocenters. The summed E-state index contributed by atoms with van der Waals surface area (Å²) >= 11 is 0. The van der Waals surface area contributed by atoms with Crippen LogP contribution in [-0.2, 0) is 4.74 Å². The lowest BCUT2D eigenvalue weighted by molar-refractivity contribution is 0.0474. The number of para-hydroxylation sites is 1. The third-order valence-corrected chi connectivity index (χ3v) is 4.68. The molecular weight excluding hydrogens is 262 g/mol. The summed E-state index contributed by atoms with van der Waals surface area (Å²) in [5.74, 6) is 1.98. The van der Waals surface area contributed by atoms with Gasteiger partial charge in [0.05, 0.1) is 18.8 Å². The number of rotatable bonds is 6. The predicted octanol–water partition coefficient (Wildman–Crippen LogP) is 3.80. The summed E-state index contributed by atoms with van der Waals surface area (Å²) in [6, 6.07) is 8.65. The van der Waals surface area contributed by atoms with Gasteiger partial charge in [-0.05, 0) is 39.3 Å². The van der Waals surface area contributed by atoms with E-state index < -0.39 is 0 Å². The van der Waals surface area contributed by atoms with Gasteiger partial charge in [-0.3, -0.25) is 0 Å². The van der Waals surface area contributed by atoms with Gasteiger partial charge in [0.2, 0.25) is 0 Å². The Labute approximate surface area is 129 Å². The largest absolute Gasteiger partial charge is 0.494 e. The minimum atomic E-state index is 0.258. The highest BCUT2D eigenvalue weighted by Crippen LogP contribution is 2.42. The van der Waals surface area contributed by atoms with Crippen LogP contribution in [0, 0.1) is 11.8 Å². The molecule has 0 aliphatic carbocycles. The summed E-state index contributed by atoms with van der Waals surface area (Å²) in [7, 11) is 0. The average molecular weight is 291 g/mol. The first-order valence-electron chi connectivity index (χ1n) is 8.20. The summed E-state index contributed by atoms with van der Waals surface area (Å²) < 4.78 is 11.9. The van der Waals surface area contributed by atoms with Crippen LogP contribution in [0.2, 0.25) is 0 Å². The van der Waals surface area contributed by atoms with Crippen molar-refractivity contribution in [1.29, 1.82) is 0 Å². The molecule has 1 fully saturated rings. The molecule has 3 heteroatoms. The van der Waals surface area contributed by atoms with Crippen molar-refractivity contribution in [2.45, 2.75) is 52.9 Å². The van der Waals surface area contributed by atoms with Crippen LogP contribution < -0.4 is 10.1 Å². The van der Waals surface area contributed by atoms with Gasteiger partial charge < -0.3 is 14.8 Å². The summed E-state index contributed by atoms with van der Waals surface area (Å²) in [5.41, 5.74) is 1.25. The molecular formula is C18H29NO2. The minimum absolute atomic E-state index is 0.258. The number of nitrogens with one attached hydrogen (secondary N) is 1. The molecule has 21 heavy (non-hydrogen) atoms. The second kappa shape index (κ2) is 7.28. The van der Waals surface area contributed by atoms with Crippen LogP contribution in [0.15, 0.2) is 24.3 Å². The van der Waals surface area contributed by atoms with Gasteiger partial charge in [-0.1, -0.05) is 32.0 Å². The smallest absolute Gasteiger partial charge is 0.124 e. The third-order valence-electron chi connectivity index (χ3n) is 4.68. The molecule has 3 nitrogen and oxygen atoms in total. The Bertz CT molecular complexity index is 449. The van der Waals surface area contributed by atoms with Gasteiger partial charge in [0, 0.05) is 17.5 Å². The molecule has 1 aromatic carbocycles. The van der Waals surface area contributed by atoms with Crippen molar-refractivity contribution in [2.75, 3.05) is 13.2 Å². The molecule has 5 atom stereocenters. The zero-order chi connectivity index (χ0) is 15.4. The lowest BCUT2D eigenvalue weighted by Crippen LogP contribution is -2.35. The van der Waals surface area contributed by atoms with Crippen LogP contribution in [0.5, 0.6) is 5.75 Å². The molecule has 1 aromatic rings. The fourth-order valence-corrected chi connectivity index (χ4v) is 3.57. The van der Waals surface area contributed by atoms with Crippen molar-refractivity contribution < 1.29 is 9.47 Å². The second-order valence-corrected chi connectivity index (χ2v) is 5.99. The van der Waals surface area contributed by atoms with Crippen molar-refractivity contribution in [3.63, 3.8) is 0 Å². The normalized spacial score (nSPS) is 30.3. The van der Waals surface area contributed by atoms with Crippen molar-refractivity contribution in [3.05, 3.63) is 29.8 Å². The maximum Gasteiger partial charge on any atom is 0.124 e. The SMILES string of the molecule is CCNC(c1ccccc1OCC)C1C(C)OC(C)C1C. The van der Waals surface area contributed by atoms with Gasteiger partial charge in [-0.25, -0.2) is 0 Å². The lowest BCUT2D eigenvalue weighted by atomic mass is 9.80. The molecule has 0 amide bonds. The summed E-state index contributed by atoms with van der Waals surface area (Å²) in [5, 5.41) is 3.66. The Morgan fingerprint density at radius 2 is 1.86 bits per heavy atom. The van der Waals surface area contributed by atoms with E-state index in [4.69, 9.17) is 9.47 Å². The fourth-order valence-electron chi connectivity index (χ4n) is 3.57. The third kappa shape index (κ3) is 3.41. The van der Waals surface area contributed by atoms with Crippen molar-refractivity contribution in [1.82, 2.24) is 5.32 Å². The fraction of sp³-hybridized carbons (Fsp3) is 0.667. The monoisotopic (exact) mass is 291 g/mol. The molecule has 2 rings (SSSR count). The molecule has 0 radical (unpaired) electrons. The Morgan fingerprint density at radius 3 is 2.43 bits per heavy atom. The number of benzene rings is 1.